The summed E-state index contributed by atoms with van der Waals surface area (Å²) in [4.78, 5) is 2.63. The molecule has 1 aromatic carbocycles. The second-order valence-corrected chi connectivity index (χ2v) is 3.22. The molecule has 0 heterocycles. The Morgan fingerprint density at radius 3 is 3.00 bits per heavy atom. The molecule has 0 N–H and O–H groups in total. The fraction of sp³-hybridized carbons (Fsp3) is 0.125. The van der Waals surface area contributed by atoms with Crippen LogP contribution in [0.2, 0.25) is 0 Å². The number of halogens is 1. The predicted molar refractivity (Wildman–Crippen MR) is 51.7 cm³/mol. The Labute approximate surface area is 83.6 Å². The van der Waals surface area contributed by atoms with E-state index in [9.17, 15) is 0 Å². The summed E-state index contributed by atoms with van der Waals surface area (Å²) in [5.41, 5.74) is 9.38. The van der Waals surface area contributed by atoms with Crippen LogP contribution in [0, 0.1) is 11.3 Å². The van der Waals surface area contributed by atoms with Gasteiger partial charge in [-0.2, -0.15) is 5.26 Å². The lowest BCUT2D eigenvalue weighted by molar-refractivity contribution is 1.04. The maximum Gasteiger partial charge on any atom is 0.0994 e. The SMILES string of the molecule is N#Cc1cc(Br)ccc1CN=[N+]=[N-]. The first-order valence-electron chi connectivity index (χ1n) is 3.47. The lowest BCUT2D eigenvalue weighted by Crippen LogP contribution is -1.86. The van der Waals surface area contributed by atoms with Gasteiger partial charge in [0.25, 0.3) is 0 Å². The van der Waals surface area contributed by atoms with Crippen molar-refractivity contribution in [2.45, 2.75) is 6.54 Å². The van der Waals surface area contributed by atoms with Crippen LogP contribution < -0.4 is 0 Å². The Kier molecular flexibility index (Phi) is 3.32. The van der Waals surface area contributed by atoms with Crippen molar-refractivity contribution in [3.05, 3.63) is 44.2 Å². The summed E-state index contributed by atoms with van der Waals surface area (Å²) < 4.78 is 0.841. The molecule has 1 rings (SSSR count). The van der Waals surface area contributed by atoms with Gasteiger partial charge in [-0.15, -0.1) is 0 Å². The molecule has 4 nitrogen and oxygen atoms in total. The van der Waals surface area contributed by atoms with Gasteiger partial charge in [0.05, 0.1) is 18.2 Å². The van der Waals surface area contributed by atoms with Crippen molar-refractivity contribution in [2.75, 3.05) is 0 Å². The summed E-state index contributed by atoms with van der Waals surface area (Å²) in [6.45, 7) is 0.215. The second-order valence-electron chi connectivity index (χ2n) is 2.30. The molecule has 0 aliphatic heterocycles. The summed E-state index contributed by atoms with van der Waals surface area (Å²) in [7, 11) is 0. The first-order valence-corrected chi connectivity index (χ1v) is 4.26. The number of nitrogens with zero attached hydrogens (tertiary/aromatic N) is 4. The highest BCUT2D eigenvalue weighted by Crippen LogP contribution is 2.16. The molecule has 5 heteroatoms. The van der Waals surface area contributed by atoms with Gasteiger partial charge in [-0.05, 0) is 23.2 Å². The zero-order valence-corrected chi connectivity index (χ0v) is 8.19. The third kappa shape index (κ3) is 2.48. The van der Waals surface area contributed by atoms with Crippen LogP contribution in [0.25, 0.3) is 10.4 Å². The Balaban J connectivity index is 3.07. The topological polar surface area (TPSA) is 72.5 Å². The fourth-order valence-electron chi connectivity index (χ4n) is 0.898. The van der Waals surface area contributed by atoms with Crippen molar-refractivity contribution in [3.8, 4) is 6.07 Å². The molecule has 0 saturated carbocycles. The van der Waals surface area contributed by atoms with E-state index in [-0.39, 0.29) is 6.54 Å². The van der Waals surface area contributed by atoms with Crippen LogP contribution in [-0.4, -0.2) is 0 Å². The zero-order chi connectivity index (χ0) is 9.68. The summed E-state index contributed by atoms with van der Waals surface area (Å²) in [6.07, 6.45) is 0. The minimum Gasteiger partial charge on any atom is -0.192 e. The standard InChI is InChI=1S/C8H5BrN4/c9-8-2-1-6(5-12-13-11)7(3-8)4-10/h1-3H,5H2. The van der Waals surface area contributed by atoms with E-state index < -0.39 is 0 Å². The van der Waals surface area contributed by atoms with Crippen molar-refractivity contribution in [1.82, 2.24) is 0 Å². The monoisotopic (exact) mass is 236 g/mol. The summed E-state index contributed by atoms with van der Waals surface area (Å²) in [5, 5.41) is 12.1. The number of hydrogen-bond donors (Lipinski definition) is 0. The Hall–Kier alpha value is -1.50. The molecule has 0 atom stereocenters. The fourth-order valence-corrected chi connectivity index (χ4v) is 1.26. The number of azide groups is 1. The van der Waals surface area contributed by atoms with E-state index in [0.29, 0.717) is 5.56 Å². The van der Waals surface area contributed by atoms with Crippen LogP contribution in [0.15, 0.2) is 27.8 Å². The highest BCUT2D eigenvalue weighted by atomic mass is 79.9. The van der Waals surface area contributed by atoms with E-state index in [1.807, 2.05) is 12.1 Å². The third-order valence-corrected chi connectivity index (χ3v) is 1.99. The Bertz CT molecular complexity index is 401. The first-order chi connectivity index (χ1) is 6.27. The Morgan fingerprint density at radius 1 is 1.62 bits per heavy atom. The summed E-state index contributed by atoms with van der Waals surface area (Å²) in [5.74, 6) is 0. The van der Waals surface area contributed by atoms with E-state index in [1.54, 1.807) is 12.1 Å². The molecular formula is C8H5BrN4. The van der Waals surface area contributed by atoms with Crippen LogP contribution in [0.3, 0.4) is 0 Å². The van der Waals surface area contributed by atoms with Crippen molar-refractivity contribution in [2.24, 2.45) is 5.11 Å². The maximum atomic E-state index is 8.74. The van der Waals surface area contributed by atoms with Crippen molar-refractivity contribution < 1.29 is 0 Å². The van der Waals surface area contributed by atoms with Crippen LogP contribution >= 0.6 is 15.9 Å². The number of rotatable bonds is 2. The van der Waals surface area contributed by atoms with E-state index in [2.05, 4.69) is 26.0 Å². The molecule has 1 aromatic rings. The minimum absolute atomic E-state index is 0.215. The van der Waals surface area contributed by atoms with Gasteiger partial charge in [-0.25, -0.2) is 0 Å². The van der Waals surface area contributed by atoms with Crippen molar-refractivity contribution in [3.63, 3.8) is 0 Å². The molecule has 0 spiro atoms. The molecule has 64 valence electrons. The molecule has 0 aliphatic carbocycles. The minimum atomic E-state index is 0.215. The highest BCUT2D eigenvalue weighted by molar-refractivity contribution is 9.10. The molecule has 0 amide bonds. The van der Waals surface area contributed by atoms with Crippen LogP contribution in [0.1, 0.15) is 11.1 Å². The first kappa shape index (κ1) is 9.59. The summed E-state index contributed by atoms with van der Waals surface area (Å²) in [6, 6.07) is 7.30. The predicted octanol–water partition coefficient (Wildman–Crippen LogP) is 3.13. The van der Waals surface area contributed by atoms with E-state index in [0.717, 1.165) is 10.0 Å². The molecule has 13 heavy (non-hydrogen) atoms. The second kappa shape index (κ2) is 4.51. The van der Waals surface area contributed by atoms with Crippen molar-refractivity contribution in [1.29, 1.82) is 5.26 Å². The van der Waals surface area contributed by atoms with Crippen LogP contribution in [0.4, 0.5) is 0 Å². The number of nitriles is 1. The highest BCUT2D eigenvalue weighted by Gasteiger charge is 2.00. The quantitative estimate of drug-likeness (QED) is 0.442. The third-order valence-electron chi connectivity index (χ3n) is 1.50. The zero-order valence-electron chi connectivity index (χ0n) is 6.61. The molecule has 0 aliphatic rings. The normalized spacial score (nSPS) is 8.62. The lowest BCUT2D eigenvalue weighted by Gasteiger charge is -1.99. The molecular weight excluding hydrogens is 232 g/mol. The van der Waals surface area contributed by atoms with Gasteiger partial charge in [-0.3, -0.25) is 0 Å². The van der Waals surface area contributed by atoms with Gasteiger partial charge in [0, 0.05) is 9.38 Å². The van der Waals surface area contributed by atoms with Gasteiger partial charge in [-0.1, -0.05) is 27.1 Å². The number of benzene rings is 1. The van der Waals surface area contributed by atoms with Gasteiger partial charge < -0.3 is 0 Å². The van der Waals surface area contributed by atoms with E-state index in [1.165, 1.54) is 0 Å². The average molecular weight is 237 g/mol. The van der Waals surface area contributed by atoms with Gasteiger partial charge >= 0.3 is 0 Å². The maximum absolute atomic E-state index is 8.74. The molecule has 0 bridgehead atoms. The summed E-state index contributed by atoms with van der Waals surface area (Å²) >= 11 is 3.25. The van der Waals surface area contributed by atoms with Gasteiger partial charge in [0.2, 0.25) is 0 Å². The lowest BCUT2D eigenvalue weighted by atomic mass is 10.1. The number of hydrogen-bond acceptors (Lipinski definition) is 2. The van der Waals surface area contributed by atoms with E-state index in [4.69, 9.17) is 10.8 Å². The smallest absolute Gasteiger partial charge is 0.0994 e. The largest absolute Gasteiger partial charge is 0.192 e. The van der Waals surface area contributed by atoms with Crippen LogP contribution in [-0.2, 0) is 6.54 Å². The van der Waals surface area contributed by atoms with E-state index >= 15 is 0 Å². The molecule has 0 radical (unpaired) electrons. The molecule has 0 aromatic heterocycles. The van der Waals surface area contributed by atoms with Crippen molar-refractivity contribution >= 4 is 15.9 Å². The van der Waals surface area contributed by atoms with Gasteiger partial charge in [0.15, 0.2) is 0 Å². The Morgan fingerprint density at radius 2 is 2.38 bits per heavy atom. The molecule has 0 saturated heterocycles. The van der Waals surface area contributed by atoms with Gasteiger partial charge in [0.1, 0.15) is 0 Å². The molecule has 0 unspecified atom stereocenters. The van der Waals surface area contributed by atoms with Crippen LogP contribution in [0.5, 0.6) is 0 Å². The average Bonchev–Trinajstić information content (AvgIpc) is 2.16. The molecule has 0 fully saturated rings.